The number of rotatable bonds is 2. The zero-order valence-corrected chi connectivity index (χ0v) is 8.01. The van der Waals surface area contributed by atoms with Crippen molar-refractivity contribution in [3.8, 4) is 0 Å². The van der Waals surface area contributed by atoms with Gasteiger partial charge in [-0.3, -0.25) is 4.79 Å². The third-order valence-corrected chi connectivity index (χ3v) is 2.68. The van der Waals surface area contributed by atoms with E-state index < -0.39 is 0 Å². The van der Waals surface area contributed by atoms with Gasteiger partial charge in [-0.05, 0) is 31.6 Å². The molecule has 0 amide bonds. The summed E-state index contributed by atoms with van der Waals surface area (Å²) in [6, 6.07) is 0. The molecule has 70 valence electrons. The van der Waals surface area contributed by atoms with Crippen molar-refractivity contribution >= 4 is 5.97 Å². The Kier molecular flexibility index (Phi) is 3.57. The van der Waals surface area contributed by atoms with Crippen LogP contribution in [0.25, 0.3) is 0 Å². The van der Waals surface area contributed by atoms with Crippen LogP contribution in [-0.2, 0) is 9.53 Å². The van der Waals surface area contributed by atoms with Crippen molar-refractivity contribution in [2.75, 3.05) is 0 Å². The average Bonchev–Trinajstić information content (AvgIpc) is 2.04. The van der Waals surface area contributed by atoms with Crippen molar-refractivity contribution in [3.05, 3.63) is 0 Å². The minimum Gasteiger partial charge on any atom is -0.462 e. The molecule has 0 unspecified atom stereocenters. The maximum Gasteiger partial charge on any atom is 0.302 e. The Hall–Kier alpha value is -0.530. The highest BCUT2D eigenvalue weighted by molar-refractivity contribution is 5.66. The van der Waals surface area contributed by atoms with Gasteiger partial charge in [0, 0.05) is 6.92 Å². The predicted molar refractivity (Wildman–Crippen MR) is 47.8 cm³/mol. The summed E-state index contributed by atoms with van der Waals surface area (Å²) < 4.78 is 5.26. The number of carbonyl (C=O) groups is 1. The van der Waals surface area contributed by atoms with Gasteiger partial charge in [-0.15, -0.1) is 0 Å². The SMILES string of the molecule is CC[C@@H]1CCCC[C@H]1OC(C)=O. The smallest absolute Gasteiger partial charge is 0.302 e. The molecule has 2 heteroatoms. The van der Waals surface area contributed by atoms with Crippen LogP contribution in [0.4, 0.5) is 0 Å². The summed E-state index contributed by atoms with van der Waals surface area (Å²) >= 11 is 0. The Bertz CT molecular complexity index is 154. The largest absolute Gasteiger partial charge is 0.462 e. The van der Waals surface area contributed by atoms with Crippen LogP contribution in [0.2, 0.25) is 0 Å². The number of esters is 1. The molecule has 0 spiro atoms. The minimum atomic E-state index is -0.125. The van der Waals surface area contributed by atoms with Gasteiger partial charge in [0.15, 0.2) is 0 Å². The Morgan fingerprint density at radius 2 is 2.08 bits per heavy atom. The molecule has 0 bridgehead atoms. The van der Waals surface area contributed by atoms with E-state index in [4.69, 9.17) is 4.74 Å². The second-order valence-corrected chi connectivity index (χ2v) is 3.60. The van der Waals surface area contributed by atoms with Crippen molar-refractivity contribution in [1.29, 1.82) is 0 Å². The second-order valence-electron chi connectivity index (χ2n) is 3.60. The lowest BCUT2D eigenvalue weighted by Gasteiger charge is -2.29. The molecule has 1 aliphatic rings. The van der Waals surface area contributed by atoms with Crippen LogP contribution < -0.4 is 0 Å². The highest BCUT2D eigenvalue weighted by atomic mass is 16.5. The third kappa shape index (κ3) is 2.50. The van der Waals surface area contributed by atoms with E-state index in [1.807, 2.05) is 0 Å². The Morgan fingerprint density at radius 3 is 2.67 bits per heavy atom. The predicted octanol–water partition coefficient (Wildman–Crippen LogP) is 2.52. The lowest BCUT2D eigenvalue weighted by molar-refractivity contribution is -0.150. The normalized spacial score (nSPS) is 29.8. The highest BCUT2D eigenvalue weighted by Gasteiger charge is 2.25. The van der Waals surface area contributed by atoms with Crippen LogP contribution in [0.5, 0.6) is 0 Å². The van der Waals surface area contributed by atoms with E-state index in [-0.39, 0.29) is 12.1 Å². The van der Waals surface area contributed by atoms with Crippen molar-refractivity contribution in [3.63, 3.8) is 0 Å². The molecule has 1 rings (SSSR count). The summed E-state index contributed by atoms with van der Waals surface area (Å²) in [5.74, 6) is 0.489. The van der Waals surface area contributed by atoms with E-state index in [0.29, 0.717) is 5.92 Å². The maximum absolute atomic E-state index is 10.8. The minimum absolute atomic E-state index is 0.125. The summed E-state index contributed by atoms with van der Waals surface area (Å²) in [5.41, 5.74) is 0. The number of carbonyl (C=O) groups excluding carboxylic acids is 1. The molecule has 2 atom stereocenters. The van der Waals surface area contributed by atoms with Crippen LogP contribution in [0.1, 0.15) is 46.0 Å². The molecular formula is C10H18O2. The van der Waals surface area contributed by atoms with E-state index >= 15 is 0 Å². The molecule has 0 saturated heterocycles. The standard InChI is InChI=1S/C10H18O2/c1-3-9-6-4-5-7-10(9)12-8(2)11/h9-10H,3-7H2,1-2H3/t9-,10-/m1/s1. The second kappa shape index (κ2) is 4.48. The summed E-state index contributed by atoms with van der Waals surface area (Å²) in [4.78, 5) is 10.8. The van der Waals surface area contributed by atoms with Crippen LogP contribution in [-0.4, -0.2) is 12.1 Å². The first-order valence-corrected chi connectivity index (χ1v) is 4.91. The van der Waals surface area contributed by atoms with Gasteiger partial charge in [-0.2, -0.15) is 0 Å². The number of ether oxygens (including phenoxy) is 1. The molecule has 2 nitrogen and oxygen atoms in total. The monoisotopic (exact) mass is 170 g/mol. The average molecular weight is 170 g/mol. The van der Waals surface area contributed by atoms with Crippen LogP contribution in [0.15, 0.2) is 0 Å². The third-order valence-electron chi connectivity index (χ3n) is 2.68. The van der Waals surface area contributed by atoms with Gasteiger partial charge < -0.3 is 4.74 Å². The van der Waals surface area contributed by atoms with Gasteiger partial charge in [0.05, 0.1) is 0 Å². The van der Waals surface area contributed by atoms with Crippen LogP contribution >= 0.6 is 0 Å². The highest BCUT2D eigenvalue weighted by Crippen LogP contribution is 2.28. The zero-order valence-electron chi connectivity index (χ0n) is 8.01. The van der Waals surface area contributed by atoms with Gasteiger partial charge in [-0.1, -0.05) is 13.3 Å². The van der Waals surface area contributed by atoms with Crippen molar-refractivity contribution in [2.45, 2.75) is 52.1 Å². The molecule has 0 aromatic carbocycles. The lowest BCUT2D eigenvalue weighted by atomic mass is 9.85. The van der Waals surface area contributed by atoms with E-state index in [1.165, 1.54) is 26.2 Å². The van der Waals surface area contributed by atoms with Crippen molar-refractivity contribution in [2.24, 2.45) is 5.92 Å². The number of hydrogen-bond donors (Lipinski definition) is 0. The van der Waals surface area contributed by atoms with Gasteiger partial charge in [0.1, 0.15) is 6.10 Å². The summed E-state index contributed by atoms with van der Waals surface area (Å²) in [6.45, 7) is 3.67. The molecule has 0 aromatic rings. The van der Waals surface area contributed by atoms with E-state index in [9.17, 15) is 4.79 Å². The van der Waals surface area contributed by atoms with E-state index in [2.05, 4.69) is 6.92 Å². The van der Waals surface area contributed by atoms with Crippen LogP contribution in [0, 0.1) is 5.92 Å². The molecule has 0 N–H and O–H groups in total. The fraction of sp³-hybridized carbons (Fsp3) is 0.900. The summed E-state index contributed by atoms with van der Waals surface area (Å²) in [6.07, 6.45) is 6.16. The number of hydrogen-bond acceptors (Lipinski definition) is 2. The quantitative estimate of drug-likeness (QED) is 0.595. The fourth-order valence-corrected chi connectivity index (χ4v) is 2.01. The molecule has 0 aliphatic heterocycles. The van der Waals surface area contributed by atoms with Gasteiger partial charge in [0.2, 0.25) is 0 Å². The van der Waals surface area contributed by atoms with E-state index in [0.717, 1.165) is 12.8 Å². The first-order chi connectivity index (χ1) is 5.74. The molecule has 0 radical (unpaired) electrons. The molecule has 1 fully saturated rings. The fourth-order valence-electron chi connectivity index (χ4n) is 2.01. The van der Waals surface area contributed by atoms with Crippen molar-refractivity contribution in [1.82, 2.24) is 0 Å². The van der Waals surface area contributed by atoms with Gasteiger partial charge in [-0.25, -0.2) is 0 Å². The molecule has 12 heavy (non-hydrogen) atoms. The first kappa shape index (κ1) is 9.56. The zero-order chi connectivity index (χ0) is 8.97. The van der Waals surface area contributed by atoms with E-state index in [1.54, 1.807) is 0 Å². The molecule has 0 heterocycles. The van der Waals surface area contributed by atoms with Gasteiger partial charge in [0.25, 0.3) is 0 Å². The topological polar surface area (TPSA) is 26.3 Å². The van der Waals surface area contributed by atoms with Crippen LogP contribution in [0.3, 0.4) is 0 Å². The Labute approximate surface area is 74.3 Å². The lowest BCUT2D eigenvalue weighted by Crippen LogP contribution is -2.28. The van der Waals surface area contributed by atoms with Crippen molar-refractivity contribution < 1.29 is 9.53 Å². The molecule has 1 saturated carbocycles. The summed E-state index contributed by atoms with van der Waals surface area (Å²) in [5, 5.41) is 0. The maximum atomic E-state index is 10.8. The Balaban J connectivity index is 2.41. The first-order valence-electron chi connectivity index (χ1n) is 4.91. The molecule has 1 aliphatic carbocycles. The molecular weight excluding hydrogens is 152 g/mol. The Morgan fingerprint density at radius 1 is 1.42 bits per heavy atom. The molecule has 0 aromatic heterocycles. The summed E-state index contributed by atoms with van der Waals surface area (Å²) in [7, 11) is 0. The van der Waals surface area contributed by atoms with Gasteiger partial charge >= 0.3 is 5.97 Å².